The number of sulfone groups is 1. The molecule has 1 N–H and O–H groups in total. The summed E-state index contributed by atoms with van der Waals surface area (Å²) in [6, 6.07) is 5.40. The number of aliphatic hydroxyl groups is 1. The molecule has 17 heavy (non-hydrogen) atoms. The fourth-order valence-electron chi connectivity index (χ4n) is 2.26. The van der Waals surface area contributed by atoms with Gasteiger partial charge < -0.3 is 5.11 Å². The molecule has 1 aromatic carbocycles. The van der Waals surface area contributed by atoms with E-state index >= 15 is 0 Å². The van der Waals surface area contributed by atoms with Crippen molar-refractivity contribution in [3.8, 4) is 0 Å². The molecule has 0 aliphatic heterocycles. The van der Waals surface area contributed by atoms with Gasteiger partial charge in [0, 0.05) is 0 Å². The standard InChI is InChI=1S/C12H15FO3S/c13-11-6-1-2-7-12(11)17(15,16)10-5-3-4-9(14)8-10/h1-2,6-7,9-10,14H,3-5,8H2. The van der Waals surface area contributed by atoms with Gasteiger partial charge in [-0.3, -0.25) is 0 Å². The van der Waals surface area contributed by atoms with Crippen molar-refractivity contribution in [3.63, 3.8) is 0 Å². The Hall–Kier alpha value is -0.940. The van der Waals surface area contributed by atoms with Crippen LogP contribution in [0.15, 0.2) is 29.2 Å². The van der Waals surface area contributed by atoms with Crippen LogP contribution in [0, 0.1) is 5.82 Å². The first kappa shape index (κ1) is 12.5. The lowest BCUT2D eigenvalue weighted by molar-refractivity contribution is 0.131. The second kappa shape index (κ2) is 4.74. The van der Waals surface area contributed by atoms with Crippen molar-refractivity contribution in [1.82, 2.24) is 0 Å². The predicted octanol–water partition coefficient (Wildman–Crippen LogP) is 1.90. The Morgan fingerprint density at radius 2 is 1.94 bits per heavy atom. The molecule has 94 valence electrons. The Labute approximate surface area is 100 Å². The predicted molar refractivity (Wildman–Crippen MR) is 61.8 cm³/mol. The Kier molecular flexibility index (Phi) is 3.49. The highest BCUT2D eigenvalue weighted by atomic mass is 32.2. The highest BCUT2D eigenvalue weighted by Gasteiger charge is 2.33. The molecule has 0 saturated heterocycles. The van der Waals surface area contributed by atoms with Gasteiger partial charge in [0.2, 0.25) is 0 Å². The van der Waals surface area contributed by atoms with Gasteiger partial charge in [-0.2, -0.15) is 0 Å². The van der Waals surface area contributed by atoms with E-state index in [9.17, 15) is 17.9 Å². The summed E-state index contributed by atoms with van der Waals surface area (Å²) in [6.45, 7) is 0. The normalized spacial score (nSPS) is 25.8. The molecule has 1 aliphatic carbocycles. The van der Waals surface area contributed by atoms with Crippen molar-refractivity contribution < 1.29 is 17.9 Å². The summed E-state index contributed by atoms with van der Waals surface area (Å²) in [6.07, 6.45) is 1.41. The number of hydrogen-bond acceptors (Lipinski definition) is 3. The second-order valence-corrected chi connectivity index (χ2v) is 6.61. The maximum Gasteiger partial charge on any atom is 0.184 e. The molecule has 1 fully saturated rings. The van der Waals surface area contributed by atoms with E-state index in [2.05, 4.69) is 0 Å². The van der Waals surface area contributed by atoms with Crippen LogP contribution in [0.1, 0.15) is 25.7 Å². The smallest absolute Gasteiger partial charge is 0.184 e. The SMILES string of the molecule is O=S(=O)(c1ccccc1F)C1CCCC(O)C1. The van der Waals surface area contributed by atoms with Crippen LogP contribution in [0.5, 0.6) is 0 Å². The summed E-state index contributed by atoms with van der Waals surface area (Å²) in [5, 5.41) is 8.84. The number of benzene rings is 1. The fourth-order valence-corrected chi connectivity index (χ4v) is 4.18. The Morgan fingerprint density at radius 3 is 2.59 bits per heavy atom. The third-order valence-electron chi connectivity index (χ3n) is 3.18. The summed E-state index contributed by atoms with van der Waals surface area (Å²) in [5.41, 5.74) is 0. The van der Waals surface area contributed by atoms with Gasteiger partial charge in [-0.15, -0.1) is 0 Å². The van der Waals surface area contributed by atoms with E-state index < -0.39 is 27.0 Å². The van der Waals surface area contributed by atoms with Crippen molar-refractivity contribution in [2.24, 2.45) is 0 Å². The van der Waals surface area contributed by atoms with Crippen LogP contribution >= 0.6 is 0 Å². The molecule has 0 bridgehead atoms. The molecule has 0 amide bonds. The van der Waals surface area contributed by atoms with E-state index in [0.29, 0.717) is 19.3 Å². The average Bonchev–Trinajstić information content (AvgIpc) is 2.29. The topological polar surface area (TPSA) is 54.4 Å². The first-order valence-electron chi connectivity index (χ1n) is 5.68. The van der Waals surface area contributed by atoms with E-state index in [-0.39, 0.29) is 11.3 Å². The van der Waals surface area contributed by atoms with Crippen LogP contribution in [-0.2, 0) is 9.84 Å². The van der Waals surface area contributed by atoms with Crippen LogP contribution in [0.3, 0.4) is 0 Å². The van der Waals surface area contributed by atoms with E-state index in [1.165, 1.54) is 18.2 Å². The van der Waals surface area contributed by atoms with Gasteiger partial charge in [0.05, 0.1) is 11.4 Å². The number of hydrogen-bond donors (Lipinski definition) is 1. The van der Waals surface area contributed by atoms with Gasteiger partial charge >= 0.3 is 0 Å². The number of halogens is 1. The van der Waals surface area contributed by atoms with E-state index in [0.717, 1.165) is 6.07 Å². The summed E-state index contributed by atoms with van der Waals surface area (Å²) in [4.78, 5) is -0.251. The quantitative estimate of drug-likeness (QED) is 0.881. The van der Waals surface area contributed by atoms with Crippen LogP contribution in [-0.4, -0.2) is 24.9 Å². The lowest BCUT2D eigenvalue weighted by atomic mass is 9.97. The zero-order valence-corrected chi connectivity index (χ0v) is 10.2. The van der Waals surface area contributed by atoms with Crippen molar-refractivity contribution >= 4 is 9.84 Å². The first-order valence-corrected chi connectivity index (χ1v) is 7.23. The highest BCUT2D eigenvalue weighted by molar-refractivity contribution is 7.92. The molecular weight excluding hydrogens is 243 g/mol. The van der Waals surface area contributed by atoms with E-state index in [1.807, 2.05) is 0 Å². The van der Waals surface area contributed by atoms with Crippen molar-refractivity contribution in [3.05, 3.63) is 30.1 Å². The summed E-state index contributed by atoms with van der Waals surface area (Å²) in [7, 11) is -3.66. The summed E-state index contributed by atoms with van der Waals surface area (Å²) in [5.74, 6) is -0.715. The molecule has 1 saturated carbocycles. The minimum absolute atomic E-state index is 0.205. The molecule has 2 unspecified atom stereocenters. The number of aliphatic hydroxyl groups excluding tert-OH is 1. The van der Waals surface area contributed by atoms with Gasteiger partial charge in [-0.1, -0.05) is 12.1 Å². The molecule has 0 radical (unpaired) electrons. The van der Waals surface area contributed by atoms with Crippen molar-refractivity contribution in [1.29, 1.82) is 0 Å². The molecule has 0 spiro atoms. The van der Waals surface area contributed by atoms with Gasteiger partial charge in [0.1, 0.15) is 10.7 Å². The molecule has 2 atom stereocenters. The molecule has 0 heterocycles. The minimum atomic E-state index is -3.66. The Morgan fingerprint density at radius 1 is 1.24 bits per heavy atom. The molecule has 2 rings (SSSR count). The highest BCUT2D eigenvalue weighted by Crippen LogP contribution is 2.29. The van der Waals surface area contributed by atoms with Crippen LogP contribution in [0.4, 0.5) is 4.39 Å². The van der Waals surface area contributed by atoms with Crippen LogP contribution in [0.2, 0.25) is 0 Å². The van der Waals surface area contributed by atoms with Gasteiger partial charge in [0.25, 0.3) is 0 Å². The molecule has 3 nitrogen and oxygen atoms in total. The molecule has 1 aliphatic rings. The monoisotopic (exact) mass is 258 g/mol. The Balaban J connectivity index is 2.33. The largest absolute Gasteiger partial charge is 0.393 e. The Bertz CT molecular complexity index is 498. The zero-order valence-electron chi connectivity index (χ0n) is 9.34. The second-order valence-electron chi connectivity index (χ2n) is 4.42. The third-order valence-corrected chi connectivity index (χ3v) is 5.43. The first-order chi connectivity index (χ1) is 8.01. The third kappa shape index (κ3) is 2.50. The van der Waals surface area contributed by atoms with Crippen LogP contribution in [0.25, 0.3) is 0 Å². The zero-order chi connectivity index (χ0) is 12.5. The van der Waals surface area contributed by atoms with Crippen molar-refractivity contribution in [2.45, 2.75) is 41.9 Å². The maximum atomic E-state index is 13.5. The van der Waals surface area contributed by atoms with Gasteiger partial charge in [-0.25, -0.2) is 12.8 Å². The van der Waals surface area contributed by atoms with Gasteiger partial charge in [0.15, 0.2) is 9.84 Å². The summed E-state index contributed by atoms with van der Waals surface area (Å²) < 4.78 is 37.9. The molecule has 1 aromatic rings. The van der Waals surface area contributed by atoms with Crippen LogP contribution < -0.4 is 0 Å². The van der Waals surface area contributed by atoms with Crippen molar-refractivity contribution in [2.75, 3.05) is 0 Å². The minimum Gasteiger partial charge on any atom is -0.393 e. The van der Waals surface area contributed by atoms with Gasteiger partial charge in [-0.05, 0) is 37.8 Å². The lowest BCUT2D eigenvalue weighted by Crippen LogP contribution is -2.31. The number of rotatable bonds is 2. The molecule has 0 aromatic heterocycles. The lowest BCUT2D eigenvalue weighted by Gasteiger charge is -2.25. The maximum absolute atomic E-state index is 13.5. The fraction of sp³-hybridized carbons (Fsp3) is 0.500. The molecule has 5 heteroatoms. The average molecular weight is 258 g/mol. The summed E-state index contributed by atoms with van der Waals surface area (Å²) >= 11 is 0. The van der Waals surface area contributed by atoms with E-state index in [4.69, 9.17) is 0 Å². The van der Waals surface area contributed by atoms with E-state index in [1.54, 1.807) is 0 Å². The molecular formula is C12H15FO3S.